The van der Waals surface area contributed by atoms with E-state index in [9.17, 15) is 4.79 Å². The molecule has 2 heterocycles. The van der Waals surface area contributed by atoms with Crippen molar-refractivity contribution >= 4 is 17.5 Å². The SMILES string of the molecule is C=CC(=O)N1CCC(C(C)Nc2ncnc(N)c2-c2ccc(Oc3ccccc3)cc2)CC1. The van der Waals surface area contributed by atoms with E-state index in [1.165, 1.54) is 12.4 Å². The van der Waals surface area contributed by atoms with Gasteiger partial charge in [0.15, 0.2) is 0 Å². The van der Waals surface area contributed by atoms with E-state index in [1.807, 2.05) is 59.5 Å². The Hall–Kier alpha value is -3.87. The summed E-state index contributed by atoms with van der Waals surface area (Å²) in [6.45, 7) is 7.21. The first kappa shape index (κ1) is 22.3. The topological polar surface area (TPSA) is 93.4 Å². The van der Waals surface area contributed by atoms with Crippen molar-refractivity contribution in [1.82, 2.24) is 14.9 Å². The number of ether oxygens (including phenoxy) is 1. The second-order valence-corrected chi connectivity index (χ2v) is 8.22. The summed E-state index contributed by atoms with van der Waals surface area (Å²) in [4.78, 5) is 22.4. The van der Waals surface area contributed by atoms with E-state index in [0.717, 1.165) is 48.6 Å². The summed E-state index contributed by atoms with van der Waals surface area (Å²) in [7, 11) is 0. The Balaban J connectivity index is 1.47. The van der Waals surface area contributed by atoms with Gasteiger partial charge in [0.25, 0.3) is 0 Å². The normalized spacial score (nSPS) is 15.0. The molecule has 1 unspecified atom stereocenters. The number of nitrogens with one attached hydrogen (secondary N) is 1. The molecule has 1 aliphatic heterocycles. The number of benzene rings is 2. The van der Waals surface area contributed by atoms with Crippen LogP contribution in [0.4, 0.5) is 11.6 Å². The van der Waals surface area contributed by atoms with E-state index in [0.29, 0.717) is 17.6 Å². The zero-order valence-electron chi connectivity index (χ0n) is 18.8. The molecule has 1 aromatic heterocycles. The molecule has 7 nitrogen and oxygen atoms in total. The van der Waals surface area contributed by atoms with Crippen molar-refractivity contribution < 1.29 is 9.53 Å². The van der Waals surface area contributed by atoms with E-state index >= 15 is 0 Å². The number of amides is 1. The van der Waals surface area contributed by atoms with Crippen LogP contribution < -0.4 is 15.8 Å². The van der Waals surface area contributed by atoms with Gasteiger partial charge in [-0.15, -0.1) is 0 Å². The Bertz CT molecular complexity index is 1090. The highest BCUT2D eigenvalue weighted by Gasteiger charge is 2.26. The van der Waals surface area contributed by atoms with Crippen molar-refractivity contribution in [1.29, 1.82) is 0 Å². The fourth-order valence-electron chi connectivity index (χ4n) is 4.19. The molecule has 0 radical (unpaired) electrons. The van der Waals surface area contributed by atoms with Crippen LogP contribution in [0.3, 0.4) is 0 Å². The number of likely N-dealkylation sites (tertiary alicyclic amines) is 1. The number of carbonyl (C=O) groups is 1. The predicted molar refractivity (Wildman–Crippen MR) is 131 cm³/mol. The van der Waals surface area contributed by atoms with Crippen LogP contribution in [0.25, 0.3) is 11.1 Å². The van der Waals surface area contributed by atoms with Crippen LogP contribution >= 0.6 is 0 Å². The third-order valence-electron chi connectivity index (χ3n) is 6.10. The zero-order valence-corrected chi connectivity index (χ0v) is 18.8. The van der Waals surface area contributed by atoms with Crippen LogP contribution in [0.1, 0.15) is 19.8 Å². The van der Waals surface area contributed by atoms with Gasteiger partial charge in [0, 0.05) is 19.1 Å². The molecular weight excluding hydrogens is 414 g/mol. The molecule has 1 amide bonds. The quantitative estimate of drug-likeness (QED) is 0.512. The Morgan fingerprint density at radius 2 is 1.79 bits per heavy atom. The zero-order chi connectivity index (χ0) is 23.2. The fraction of sp³-hybridized carbons (Fsp3) is 0.269. The molecule has 0 bridgehead atoms. The molecule has 1 aliphatic rings. The van der Waals surface area contributed by atoms with Crippen LogP contribution in [0, 0.1) is 5.92 Å². The molecular formula is C26H29N5O2. The first-order valence-electron chi connectivity index (χ1n) is 11.2. The summed E-state index contributed by atoms with van der Waals surface area (Å²) in [6, 6.07) is 17.6. The summed E-state index contributed by atoms with van der Waals surface area (Å²) in [5.74, 6) is 3.07. The largest absolute Gasteiger partial charge is 0.457 e. The molecule has 4 rings (SSSR count). The molecule has 33 heavy (non-hydrogen) atoms. The maximum Gasteiger partial charge on any atom is 0.245 e. The highest BCUT2D eigenvalue weighted by Crippen LogP contribution is 2.34. The number of hydrogen-bond donors (Lipinski definition) is 2. The van der Waals surface area contributed by atoms with Gasteiger partial charge < -0.3 is 20.7 Å². The average molecular weight is 444 g/mol. The number of nitrogens with two attached hydrogens (primary N) is 1. The molecule has 3 N–H and O–H groups in total. The number of nitrogens with zero attached hydrogens (tertiary/aromatic N) is 3. The second-order valence-electron chi connectivity index (χ2n) is 8.22. The van der Waals surface area contributed by atoms with E-state index in [1.54, 1.807) is 0 Å². The highest BCUT2D eigenvalue weighted by atomic mass is 16.5. The lowest BCUT2D eigenvalue weighted by molar-refractivity contribution is -0.127. The van der Waals surface area contributed by atoms with Crippen molar-refractivity contribution in [3.8, 4) is 22.6 Å². The smallest absolute Gasteiger partial charge is 0.245 e. The first-order chi connectivity index (χ1) is 16.0. The molecule has 1 fully saturated rings. The van der Waals surface area contributed by atoms with E-state index < -0.39 is 0 Å². The lowest BCUT2D eigenvalue weighted by atomic mass is 9.90. The van der Waals surface area contributed by atoms with Crippen molar-refractivity contribution in [2.75, 3.05) is 24.1 Å². The van der Waals surface area contributed by atoms with Gasteiger partial charge >= 0.3 is 0 Å². The van der Waals surface area contributed by atoms with Crippen molar-refractivity contribution in [2.45, 2.75) is 25.8 Å². The summed E-state index contributed by atoms with van der Waals surface area (Å²) < 4.78 is 5.89. The lowest BCUT2D eigenvalue weighted by Crippen LogP contribution is -2.41. The van der Waals surface area contributed by atoms with Gasteiger partial charge in [-0.05, 0) is 61.6 Å². The first-order valence-corrected chi connectivity index (χ1v) is 11.2. The van der Waals surface area contributed by atoms with Gasteiger partial charge in [0.2, 0.25) is 5.91 Å². The van der Waals surface area contributed by atoms with Crippen LogP contribution in [-0.2, 0) is 4.79 Å². The van der Waals surface area contributed by atoms with E-state index in [-0.39, 0.29) is 11.9 Å². The van der Waals surface area contributed by atoms with Gasteiger partial charge in [-0.25, -0.2) is 9.97 Å². The number of carbonyl (C=O) groups excluding carboxylic acids is 1. The van der Waals surface area contributed by atoms with Crippen LogP contribution in [-0.4, -0.2) is 39.9 Å². The van der Waals surface area contributed by atoms with Crippen molar-refractivity contribution in [3.63, 3.8) is 0 Å². The molecule has 0 spiro atoms. The number of anilines is 2. The molecule has 2 aromatic carbocycles. The summed E-state index contributed by atoms with van der Waals surface area (Å²) in [5, 5.41) is 3.55. The minimum absolute atomic E-state index is 0.000358. The number of rotatable bonds is 7. The monoisotopic (exact) mass is 443 g/mol. The molecule has 0 saturated carbocycles. The Morgan fingerprint density at radius 1 is 1.12 bits per heavy atom. The predicted octanol–water partition coefficient (Wildman–Crippen LogP) is 4.74. The molecule has 170 valence electrons. The summed E-state index contributed by atoms with van der Waals surface area (Å²) in [6.07, 6.45) is 4.71. The highest BCUT2D eigenvalue weighted by molar-refractivity contribution is 5.87. The number of aromatic nitrogens is 2. The van der Waals surface area contributed by atoms with E-state index in [2.05, 4.69) is 28.8 Å². The number of para-hydroxylation sites is 1. The van der Waals surface area contributed by atoms with E-state index in [4.69, 9.17) is 10.5 Å². The number of piperidine rings is 1. The van der Waals surface area contributed by atoms with Crippen LogP contribution in [0.2, 0.25) is 0 Å². The Morgan fingerprint density at radius 3 is 2.45 bits per heavy atom. The van der Waals surface area contributed by atoms with Crippen molar-refractivity contribution in [3.05, 3.63) is 73.6 Å². The molecule has 7 heteroatoms. The third-order valence-corrected chi connectivity index (χ3v) is 6.10. The fourth-order valence-corrected chi connectivity index (χ4v) is 4.19. The molecule has 0 aliphatic carbocycles. The van der Waals surface area contributed by atoms with Gasteiger partial charge in [-0.3, -0.25) is 4.79 Å². The summed E-state index contributed by atoms with van der Waals surface area (Å²) in [5.41, 5.74) is 7.94. The van der Waals surface area contributed by atoms with Crippen LogP contribution in [0.5, 0.6) is 11.5 Å². The van der Waals surface area contributed by atoms with Gasteiger partial charge in [0.1, 0.15) is 29.5 Å². The lowest BCUT2D eigenvalue weighted by Gasteiger charge is -2.35. The minimum Gasteiger partial charge on any atom is -0.457 e. The molecule has 1 saturated heterocycles. The number of nitrogen functional groups attached to an aromatic ring is 1. The van der Waals surface area contributed by atoms with Crippen molar-refractivity contribution in [2.24, 2.45) is 5.92 Å². The van der Waals surface area contributed by atoms with Crippen LogP contribution in [0.15, 0.2) is 73.6 Å². The average Bonchev–Trinajstić information content (AvgIpc) is 2.85. The molecule has 1 atom stereocenters. The summed E-state index contributed by atoms with van der Waals surface area (Å²) >= 11 is 0. The Labute approximate surface area is 194 Å². The standard InChI is InChI=1S/C26H29N5O2/c1-3-23(32)31-15-13-19(14-16-31)18(2)30-26-24(25(27)28-17-29-26)20-9-11-22(12-10-20)33-21-7-5-4-6-8-21/h3-12,17-19H,1,13-16H2,2H3,(H3,27,28,29,30). The Kier molecular flexibility index (Phi) is 6.88. The van der Waals surface area contributed by atoms with Gasteiger partial charge in [0.05, 0.1) is 5.56 Å². The maximum atomic E-state index is 11.9. The van der Waals surface area contributed by atoms with Gasteiger partial charge in [-0.1, -0.05) is 36.9 Å². The third kappa shape index (κ3) is 5.31. The minimum atomic E-state index is -0.000358. The molecule has 3 aromatic rings. The number of hydrogen-bond acceptors (Lipinski definition) is 6. The van der Waals surface area contributed by atoms with Gasteiger partial charge in [-0.2, -0.15) is 0 Å². The maximum absolute atomic E-state index is 11.9. The second kappa shape index (κ2) is 10.2.